The molecule has 1 N–H and O–H groups in total. The maximum Gasteiger partial charge on any atom is 0.241 e. The van der Waals surface area contributed by atoms with Gasteiger partial charge in [0.15, 0.2) is 6.35 Å². The summed E-state index contributed by atoms with van der Waals surface area (Å²) in [6.07, 6.45) is -0.0212. The molecule has 1 atom stereocenters. The van der Waals surface area contributed by atoms with Crippen molar-refractivity contribution < 1.29 is 14.2 Å². The molecule has 0 bridgehead atoms. The Labute approximate surface area is 107 Å². The monoisotopic (exact) mass is 262 g/mol. The number of para-hydroxylation sites is 1. The zero-order valence-corrected chi connectivity index (χ0v) is 10.8. The Morgan fingerprint density at radius 3 is 2.11 bits per heavy atom. The van der Waals surface area contributed by atoms with Crippen LogP contribution in [-0.2, 0) is 10.7 Å². The highest BCUT2D eigenvalue weighted by atomic mass is 31.2. The Kier molecular flexibility index (Phi) is 4.19. The lowest BCUT2D eigenvalue weighted by atomic mass is 10.2. The van der Waals surface area contributed by atoms with Gasteiger partial charge in [-0.2, -0.15) is 0 Å². The topological polar surface area (TPSA) is 46.5 Å². The van der Waals surface area contributed by atoms with Crippen LogP contribution in [0.5, 0.6) is 5.75 Å². The summed E-state index contributed by atoms with van der Waals surface area (Å²) < 4.78 is 17.3. The van der Waals surface area contributed by atoms with E-state index >= 15 is 0 Å². The van der Waals surface area contributed by atoms with Crippen LogP contribution in [0.25, 0.3) is 0 Å². The van der Waals surface area contributed by atoms with Crippen molar-refractivity contribution in [3.05, 3.63) is 66.2 Å². The van der Waals surface area contributed by atoms with Gasteiger partial charge in [-0.3, -0.25) is 4.57 Å². The van der Waals surface area contributed by atoms with Gasteiger partial charge in [0.05, 0.1) is 6.16 Å². The lowest BCUT2D eigenvalue weighted by molar-refractivity contribution is 0.349. The van der Waals surface area contributed by atoms with Crippen LogP contribution >= 0.6 is 7.37 Å². The highest BCUT2D eigenvalue weighted by molar-refractivity contribution is 7.56. The maximum absolute atomic E-state index is 12.0. The second-order valence-corrected chi connectivity index (χ2v) is 6.34. The molecule has 0 radical (unpaired) electrons. The molecule has 2 aromatic rings. The van der Waals surface area contributed by atoms with Crippen molar-refractivity contribution in [2.75, 3.05) is 6.35 Å². The van der Waals surface area contributed by atoms with Crippen LogP contribution in [-0.4, -0.2) is 11.2 Å². The van der Waals surface area contributed by atoms with Crippen molar-refractivity contribution in [1.82, 2.24) is 0 Å². The molecule has 18 heavy (non-hydrogen) atoms. The van der Waals surface area contributed by atoms with Crippen molar-refractivity contribution >= 4 is 7.37 Å². The summed E-state index contributed by atoms with van der Waals surface area (Å²) in [5.74, 6) is 0.611. The third kappa shape index (κ3) is 4.02. The molecule has 3 nitrogen and oxygen atoms in total. The summed E-state index contributed by atoms with van der Waals surface area (Å²) in [6.45, 7) is 0. The minimum atomic E-state index is -3.30. The quantitative estimate of drug-likeness (QED) is 0.839. The van der Waals surface area contributed by atoms with E-state index in [1.165, 1.54) is 0 Å². The fraction of sp³-hybridized carbons (Fsp3) is 0.143. The summed E-state index contributed by atoms with van der Waals surface area (Å²) in [5.41, 5.74) is 0.847. The van der Waals surface area contributed by atoms with Gasteiger partial charge in [-0.15, -0.1) is 0 Å². The molecule has 0 aliphatic heterocycles. The molecule has 94 valence electrons. The zero-order chi connectivity index (χ0) is 12.8. The molecule has 0 aromatic heterocycles. The third-order valence-electron chi connectivity index (χ3n) is 2.45. The van der Waals surface area contributed by atoms with Crippen LogP contribution in [0.2, 0.25) is 0 Å². The normalized spacial score (nSPS) is 13.8. The molecule has 0 aliphatic rings. The van der Waals surface area contributed by atoms with Crippen LogP contribution in [0.4, 0.5) is 0 Å². The Balaban J connectivity index is 1.94. The van der Waals surface area contributed by atoms with E-state index in [1.54, 1.807) is 12.1 Å². The van der Waals surface area contributed by atoms with Gasteiger partial charge in [0.1, 0.15) is 5.75 Å². The Hall–Kier alpha value is -1.57. The maximum atomic E-state index is 12.0. The predicted molar refractivity (Wildman–Crippen MR) is 71.9 cm³/mol. The van der Waals surface area contributed by atoms with Crippen LogP contribution in [0.15, 0.2) is 60.7 Å². The summed E-state index contributed by atoms with van der Waals surface area (Å²) in [4.78, 5) is 9.86. The Bertz CT molecular complexity index is 525. The highest BCUT2D eigenvalue weighted by Crippen LogP contribution is 2.44. The van der Waals surface area contributed by atoms with Crippen molar-refractivity contribution in [3.8, 4) is 5.75 Å². The van der Waals surface area contributed by atoms with E-state index in [1.807, 2.05) is 48.5 Å². The van der Waals surface area contributed by atoms with Gasteiger partial charge in [0.2, 0.25) is 7.37 Å². The predicted octanol–water partition coefficient (Wildman–Crippen LogP) is 3.49. The molecule has 0 amide bonds. The van der Waals surface area contributed by atoms with Crippen LogP contribution in [0.1, 0.15) is 5.56 Å². The van der Waals surface area contributed by atoms with Gasteiger partial charge in [0.25, 0.3) is 0 Å². The number of hydrogen-bond donors (Lipinski definition) is 1. The first-order chi connectivity index (χ1) is 8.66. The first kappa shape index (κ1) is 12.9. The molecule has 2 aromatic carbocycles. The highest BCUT2D eigenvalue weighted by Gasteiger charge is 2.19. The molecule has 0 fully saturated rings. The van der Waals surface area contributed by atoms with E-state index in [4.69, 9.17) is 4.74 Å². The van der Waals surface area contributed by atoms with Gasteiger partial charge < -0.3 is 9.63 Å². The largest absolute Gasteiger partial charge is 0.484 e. The molecule has 0 heterocycles. The molecule has 2 rings (SSSR count). The van der Waals surface area contributed by atoms with Crippen LogP contribution in [0.3, 0.4) is 0 Å². The van der Waals surface area contributed by atoms with E-state index in [0.29, 0.717) is 5.75 Å². The number of benzene rings is 2. The second kappa shape index (κ2) is 5.85. The fourth-order valence-corrected chi connectivity index (χ4v) is 2.83. The molecule has 1 unspecified atom stereocenters. The van der Waals surface area contributed by atoms with Gasteiger partial charge in [-0.25, -0.2) is 0 Å². The van der Waals surface area contributed by atoms with E-state index in [-0.39, 0.29) is 12.5 Å². The van der Waals surface area contributed by atoms with Gasteiger partial charge >= 0.3 is 0 Å². The summed E-state index contributed by atoms with van der Waals surface area (Å²) in [7, 11) is -3.30. The summed E-state index contributed by atoms with van der Waals surface area (Å²) >= 11 is 0. The second-order valence-electron chi connectivity index (χ2n) is 4.08. The first-order valence-electron chi connectivity index (χ1n) is 5.68. The molecule has 4 heteroatoms. The lowest BCUT2D eigenvalue weighted by Crippen LogP contribution is -2.01. The minimum absolute atomic E-state index is 0.140. The molecule has 0 saturated heterocycles. The van der Waals surface area contributed by atoms with E-state index in [2.05, 4.69) is 0 Å². The molecule has 0 aliphatic carbocycles. The SMILES string of the molecule is O=P(O)(COc1ccccc1)Cc1ccccc1. The van der Waals surface area contributed by atoms with E-state index in [0.717, 1.165) is 5.56 Å². The average Bonchev–Trinajstić information content (AvgIpc) is 2.38. The number of hydrogen-bond acceptors (Lipinski definition) is 2. The van der Waals surface area contributed by atoms with Crippen LogP contribution in [0, 0.1) is 0 Å². The van der Waals surface area contributed by atoms with Gasteiger partial charge in [-0.1, -0.05) is 48.5 Å². The molecular weight excluding hydrogens is 247 g/mol. The number of rotatable bonds is 5. The van der Waals surface area contributed by atoms with Crippen molar-refractivity contribution in [2.24, 2.45) is 0 Å². The van der Waals surface area contributed by atoms with Crippen molar-refractivity contribution in [3.63, 3.8) is 0 Å². The van der Waals surface area contributed by atoms with Crippen molar-refractivity contribution in [2.45, 2.75) is 6.16 Å². The third-order valence-corrected chi connectivity index (χ3v) is 3.84. The zero-order valence-electron chi connectivity index (χ0n) is 9.90. The number of ether oxygens (including phenoxy) is 1. The molecule has 0 saturated carbocycles. The van der Waals surface area contributed by atoms with Crippen LogP contribution < -0.4 is 4.74 Å². The van der Waals surface area contributed by atoms with E-state index in [9.17, 15) is 9.46 Å². The van der Waals surface area contributed by atoms with Gasteiger partial charge in [0, 0.05) is 0 Å². The summed E-state index contributed by atoms with van der Waals surface area (Å²) in [6, 6.07) is 18.3. The minimum Gasteiger partial charge on any atom is -0.484 e. The van der Waals surface area contributed by atoms with Gasteiger partial charge in [-0.05, 0) is 17.7 Å². The standard InChI is InChI=1S/C14H15O3P/c15-18(16,11-13-7-3-1-4-8-13)12-17-14-9-5-2-6-10-14/h1-10H,11-12H2,(H,15,16). The smallest absolute Gasteiger partial charge is 0.241 e. The lowest BCUT2D eigenvalue weighted by Gasteiger charge is -2.13. The van der Waals surface area contributed by atoms with Crippen molar-refractivity contribution in [1.29, 1.82) is 0 Å². The molecular formula is C14H15O3P. The first-order valence-corrected chi connectivity index (χ1v) is 7.71. The van der Waals surface area contributed by atoms with E-state index < -0.39 is 7.37 Å². The fourth-order valence-electron chi connectivity index (χ4n) is 1.61. The average molecular weight is 262 g/mol. The Morgan fingerprint density at radius 2 is 1.50 bits per heavy atom. The molecule has 0 spiro atoms. The summed E-state index contributed by atoms with van der Waals surface area (Å²) in [5, 5.41) is 0. The Morgan fingerprint density at radius 1 is 0.944 bits per heavy atom.